The first-order valence-electron chi connectivity index (χ1n) is 6.81. The summed E-state index contributed by atoms with van der Waals surface area (Å²) in [5.74, 6) is -1.02. The highest BCUT2D eigenvalue weighted by atomic mass is 16.5. The number of rotatable bonds is 2. The van der Waals surface area contributed by atoms with E-state index in [-0.39, 0.29) is 29.8 Å². The number of aliphatic carboxylic acids is 1. The van der Waals surface area contributed by atoms with Crippen LogP contribution >= 0.6 is 0 Å². The number of carbonyl (C=O) groups excluding carboxylic acids is 1. The highest BCUT2D eigenvalue weighted by molar-refractivity contribution is 5.82. The van der Waals surface area contributed by atoms with Gasteiger partial charge in [-0.25, -0.2) is 0 Å². The molecule has 5 nitrogen and oxygen atoms in total. The molecule has 5 heteroatoms. The molecule has 3 aliphatic heterocycles. The summed E-state index contributed by atoms with van der Waals surface area (Å²) >= 11 is 0. The van der Waals surface area contributed by atoms with Crippen LogP contribution in [0.4, 0.5) is 0 Å². The molecule has 3 saturated heterocycles. The summed E-state index contributed by atoms with van der Waals surface area (Å²) in [6, 6.07) is 0.0902. The zero-order valence-corrected chi connectivity index (χ0v) is 10.4. The molecule has 0 saturated carbocycles. The Bertz CT molecular complexity index is 364. The van der Waals surface area contributed by atoms with Gasteiger partial charge in [-0.2, -0.15) is 0 Å². The maximum absolute atomic E-state index is 12.5. The lowest BCUT2D eigenvalue weighted by Gasteiger charge is -2.29. The van der Waals surface area contributed by atoms with Crippen LogP contribution in [0.3, 0.4) is 0 Å². The summed E-state index contributed by atoms with van der Waals surface area (Å²) in [6.45, 7) is 1.25. The van der Waals surface area contributed by atoms with Crippen molar-refractivity contribution in [1.29, 1.82) is 0 Å². The molecule has 2 bridgehead atoms. The number of hydrogen-bond acceptors (Lipinski definition) is 3. The minimum Gasteiger partial charge on any atom is -0.481 e. The Balaban J connectivity index is 1.72. The molecule has 18 heavy (non-hydrogen) atoms. The summed E-state index contributed by atoms with van der Waals surface area (Å²) < 4.78 is 5.36. The molecule has 100 valence electrons. The first-order chi connectivity index (χ1) is 8.68. The van der Waals surface area contributed by atoms with Gasteiger partial charge in [-0.15, -0.1) is 0 Å². The van der Waals surface area contributed by atoms with E-state index in [1.165, 1.54) is 0 Å². The van der Waals surface area contributed by atoms with Crippen molar-refractivity contribution in [2.24, 2.45) is 11.8 Å². The average Bonchev–Trinajstić information content (AvgIpc) is 2.96. The zero-order valence-electron chi connectivity index (χ0n) is 10.4. The van der Waals surface area contributed by atoms with E-state index in [0.29, 0.717) is 13.0 Å². The van der Waals surface area contributed by atoms with Gasteiger partial charge in [-0.1, -0.05) is 0 Å². The van der Waals surface area contributed by atoms with E-state index in [1.54, 1.807) is 0 Å². The van der Waals surface area contributed by atoms with Crippen LogP contribution in [-0.2, 0) is 14.3 Å². The van der Waals surface area contributed by atoms with Crippen molar-refractivity contribution in [2.75, 3.05) is 13.2 Å². The van der Waals surface area contributed by atoms with Crippen LogP contribution in [0.1, 0.15) is 32.1 Å². The van der Waals surface area contributed by atoms with E-state index in [0.717, 1.165) is 32.3 Å². The second-order valence-electron chi connectivity index (χ2n) is 5.64. The Labute approximate surface area is 106 Å². The highest BCUT2D eigenvalue weighted by Gasteiger charge is 2.52. The first kappa shape index (κ1) is 12.0. The van der Waals surface area contributed by atoms with Crippen molar-refractivity contribution in [1.82, 2.24) is 4.90 Å². The smallest absolute Gasteiger partial charge is 0.308 e. The van der Waals surface area contributed by atoms with Crippen LogP contribution in [0.5, 0.6) is 0 Å². The Hall–Kier alpha value is -1.10. The normalized spacial score (nSPS) is 39.0. The maximum Gasteiger partial charge on any atom is 0.308 e. The van der Waals surface area contributed by atoms with E-state index in [4.69, 9.17) is 4.74 Å². The number of fused-ring (bicyclic) bond motifs is 2. The Kier molecular flexibility index (Phi) is 3.01. The SMILES string of the molecule is O=C(O)C1CC2CCC1N2C(=O)C1CCCOC1. The molecule has 3 rings (SSSR count). The monoisotopic (exact) mass is 253 g/mol. The molecule has 0 aromatic carbocycles. The van der Waals surface area contributed by atoms with E-state index < -0.39 is 5.97 Å². The van der Waals surface area contributed by atoms with Crippen LogP contribution < -0.4 is 0 Å². The number of ether oxygens (including phenoxy) is 1. The largest absolute Gasteiger partial charge is 0.481 e. The average molecular weight is 253 g/mol. The second kappa shape index (κ2) is 4.53. The second-order valence-corrected chi connectivity index (χ2v) is 5.64. The summed E-state index contributed by atoms with van der Waals surface area (Å²) in [6.07, 6.45) is 4.27. The molecule has 4 atom stereocenters. The highest BCUT2D eigenvalue weighted by Crippen LogP contribution is 2.43. The van der Waals surface area contributed by atoms with Gasteiger partial charge in [0.25, 0.3) is 0 Å². The van der Waals surface area contributed by atoms with Crippen LogP contribution in [0.25, 0.3) is 0 Å². The molecule has 1 N–H and O–H groups in total. The topological polar surface area (TPSA) is 66.8 Å². The summed E-state index contributed by atoms with van der Waals surface area (Å²) in [5.41, 5.74) is 0. The molecule has 0 spiro atoms. The fourth-order valence-corrected chi connectivity index (χ4v) is 3.74. The van der Waals surface area contributed by atoms with Crippen molar-refractivity contribution in [3.8, 4) is 0 Å². The molecular formula is C13H19NO4. The van der Waals surface area contributed by atoms with Crippen LogP contribution in [0, 0.1) is 11.8 Å². The summed E-state index contributed by atoms with van der Waals surface area (Å²) in [7, 11) is 0. The van der Waals surface area contributed by atoms with Gasteiger partial charge in [0.15, 0.2) is 0 Å². The number of amides is 1. The Morgan fingerprint density at radius 1 is 1.22 bits per heavy atom. The number of carbonyl (C=O) groups is 2. The van der Waals surface area contributed by atoms with E-state index in [1.807, 2.05) is 4.90 Å². The standard InChI is InChI=1S/C13H19NO4/c15-12(8-2-1-5-18-7-8)14-9-3-4-11(14)10(6-9)13(16)17/h8-11H,1-7H2,(H,16,17). The first-order valence-corrected chi connectivity index (χ1v) is 6.81. The van der Waals surface area contributed by atoms with E-state index in [9.17, 15) is 14.7 Å². The summed E-state index contributed by atoms with van der Waals surface area (Å²) in [5, 5.41) is 9.18. The fraction of sp³-hybridized carbons (Fsp3) is 0.846. The van der Waals surface area contributed by atoms with Crippen molar-refractivity contribution in [3.63, 3.8) is 0 Å². The number of carboxylic acid groups (broad SMARTS) is 1. The van der Waals surface area contributed by atoms with Crippen molar-refractivity contribution in [3.05, 3.63) is 0 Å². The number of nitrogens with zero attached hydrogens (tertiary/aromatic N) is 1. The molecule has 1 amide bonds. The lowest BCUT2D eigenvalue weighted by atomic mass is 9.89. The third-order valence-electron chi connectivity index (χ3n) is 4.62. The molecule has 3 heterocycles. The van der Waals surface area contributed by atoms with E-state index >= 15 is 0 Å². The Morgan fingerprint density at radius 3 is 2.67 bits per heavy atom. The van der Waals surface area contributed by atoms with Crippen LogP contribution in [-0.4, -0.2) is 47.2 Å². The molecule has 0 radical (unpaired) electrons. The van der Waals surface area contributed by atoms with Gasteiger partial charge in [0.2, 0.25) is 5.91 Å². The van der Waals surface area contributed by atoms with Crippen molar-refractivity contribution < 1.29 is 19.4 Å². The van der Waals surface area contributed by atoms with Gasteiger partial charge >= 0.3 is 5.97 Å². The zero-order chi connectivity index (χ0) is 12.7. The van der Waals surface area contributed by atoms with Crippen LogP contribution in [0.15, 0.2) is 0 Å². The fourth-order valence-electron chi connectivity index (χ4n) is 3.74. The van der Waals surface area contributed by atoms with Crippen LogP contribution in [0.2, 0.25) is 0 Å². The van der Waals surface area contributed by atoms with Gasteiger partial charge in [0, 0.05) is 18.7 Å². The minimum atomic E-state index is -0.750. The number of carboxylic acids is 1. The lowest BCUT2D eigenvalue weighted by molar-refractivity contribution is -0.144. The van der Waals surface area contributed by atoms with Gasteiger partial charge in [0.1, 0.15) is 0 Å². The van der Waals surface area contributed by atoms with Crippen molar-refractivity contribution >= 4 is 11.9 Å². The Morgan fingerprint density at radius 2 is 2.06 bits per heavy atom. The molecular weight excluding hydrogens is 234 g/mol. The van der Waals surface area contributed by atoms with Gasteiger partial charge < -0.3 is 14.7 Å². The molecule has 3 fully saturated rings. The predicted octanol–water partition coefficient (Wildman–Crippen LogP) is 0.877. The third kappa shape index (κ3) is 1.81. The number of hydrogen-bond donors (Lipinski definition) is 1. The van der Waals surface area contributed by atoms with Gasteiger partial charge in [-0.05, 0) is 32.1 Å². The third-order valence-corrected chi connectivity index (χ3v) is 4.62. The molecule has 0 aliphatic carbocycles. The van der Waals surface area contributed by atoms with Gasteiger partial charge in [-0.3, -0.25) is 9.59 Å². The maximum atomic E-state index is 12.5. The van der Waals surface area contributed by atoms with Gasteiger partial charge in [0.05, 0.1) is 18.4 Å². The molecule has 3 aliphatic rings. The lowest BCUT2D eigenvalue weighted by Crippen LogP contribution is -2.43. The minimum absolute atomic E-state index is 0.0469. The quantitative estimate of drug-likeness (QED) is 0.793. The predicted molar refractivity (Wildman–Crippen MR) is 62.9 cm³/mol. The molecule has 0 aromatic heterocycles. The van der Waals surface area contributed by atoms with Crippen molar-refractivity contribution in [2.45, 2.75) is 44.2 Å². The molecule has 0 aromatic rings. The summed E-state index contributed by atoms with van der Waals surface area (Å²) in [4.78, 5) is 25.5. The molecule has 4 unspecified atom stereocenters. The van der Waals surface area contributed by atoms with E-state index in [2.05, 4.69) is 0 Å².